The molecule has 0 N–H and O–H groups in total. The van der Waals surface area contributed by atoms with Crippen LogP contribution in [-0.4, -0.2) is 45.2 Å². The van der Waals surface area contributed by atoms with Crippen LogP contribution in [0.4, 0.5) is 5.69 Å². The standard InChI is InChI=1S/C16H20N2O/c1-17-8-10-18(11-9-17)16-5-3-4-13-6-7-14(19-2)12-15(13)16/h3-7,12H,8-11H2,1-2H3. The molecule has 1 saturated heterocycles. The van der Waals surface area contributed by atoms with Crippen LogP contribution in [0.1, 0.15) is 0 Å². The van der Waals surface area contributed by atoms with Gasteiger partial charge in [0.25, 0.3) is 0 Å². The average molecular weight is 256 g/mol. The van der Waals surface area contributed by atoms with Crippen molar-refractivity contribution in [2.45, 2.75) is 0 Å². The molecule has 0 aromatic heterocycles. The third-order valence-corrected chi connectivity index (χ3v) is 3.91. The molecular weight excluding hydrogens is 236 g/mol. The summed E-state index contributed by atoms with van der Waals surface area (Å²) in [4.78, 5) is 4.85. The Balaban J connectivity index is 2.02. The van der Waals surface area contributed by atoms with Crippen LogP contribution in [0.5, 0.6) is 5.75 Å². The largest absolute Gasteiger partial charge is 0.497 e. The summed E-state index contributed by atoms with van der Waals surface area (Å²) in [5, 5.41) is 2.56. The molecule has 2 aromatic carbocycles. The normalized spacial score (nSPS) is 16.8. The number of hydrogen-bond donors (Lipinski definition) is 0. The van der Waals surface area contributed by atoms with Crippen LogP contribution >= 0.6 is 0 Å². The Bertz CT molecular complexity index is 574. The summed E-state index contributed by atoms with van der Waals surface area (Å²) < 4.78 is 5.35. The summed E-state index contributed by atoms with van der Waals surface area (Å²) >= 11 is 0. The van der Waals surface area contributed by atoms with Crippen molar-refractivity contribution < 1.29 is 4.74 Å². The van der Waals surface area contributed by atoms with Crippen molar-refractivity contribution in [1.82, 2.24) is 4.90 Å². The molecule has 3 nitrogen and oxygen atoms in total. The maximum absolute atomic E-state index is 5.35. The van der Waals surface area contributed by atoms with Gasteiger partial charge in [-0.15, -0.1) is 0 Å². The van der Waals surface area contributed by atoms with E-state index in [1.165, 1.54) is 16.5 Å². The zero-order valence-electron chi connectivity index (χ0n) is 11.6. The minimum atomic E-state index is 0.925. The third kappa shape index (κ3) is 2.38. The van der Waals surface area contributed by atoms with Gasteiger partial charge in [-0.05, 0) is 30.6 Å². The van der Waals surface area contributed by atoms with Crippen LogP contribution < -0.4 is 9.64 Å². The molecular formula is C16H20N2O. The summed E-state index contributed by atoms with van der Waals surface area (Å²) in [6.45, 7) is 4.43. The van der Waals surface area contributed by atoms with Crippen molar-refractivity contribution in [3.05, 3.63) is 36.4 Å². The van der Waals surface area contributed by atoms with Crippen molar-refractivity contribution in [3.8, 4) is 5.75 Å². The molecule has 0 aliphatic carbocycles. The van der Waals surface area contributed by atoms with E-state index in [2.05, 4.69) is 47.2 Å². The van der Waals surface area contributed by atoms with Gasteiger partial charge in [0.15, 0.2) is 0 Å². The first-order valence-corrected chi connectivity index (χ1v) is 6.78. The fourth-order valence-electron chi connectivity index (χ4n) is 2.69. The van der Waals surface area contributed by atoms with Crippen LogP contribution in [0.25, 0.3) is 10.8 Å². The summed E-state index contributed by atoms with van der Waals surface area (Å²) in [5.74, 6) is 0.925. The summed E-state index contributed by atoms with van der Waals surface area (Å²) in [5.41, 5.74) is 1.32. The van der Waals surface area contributed by atoms with Gasteiger partial charge in [0.1, 0.15) is 5.75 Å². The van der Waals surface area contributed by atoms with Crippen molar-refractivity contribution in [3.63, 3.8) is 0 Å². The van der Waals surface area contributed by atoms with Crippen molar-refractivity contribution in [2.24, 2.45) is 0 Å². The lowest BCUT2D eigenvalue weighted by Gasteiger charge is -2.34. The van der Waals surface area contributed by atoms with Gasteiger partial charge in [-0.25, -0.2) is 0 Å². The van der Waals surface area contributed by atoms with Gasteiger partial charge in [-0.2, -0.15) is 0 Å². The van der Waals surface area contributed by atoms with Crippen LogP contribution in [0.2, 0.25) is 0 Å². The summed E-state index contributed by atoms with van der Waals surface area (Å²) in [6.07, 6.45) is 0. The highest BCUT2D eigenvalue weighted by Gasteiger charge is 2.16. The SMILES string of the molecule is COc1ccc2cccc(N3CCN(C)CC3)c2c1. The molecule has 0 radical (unpaired) electrons. The number of nitrogens with zero attached hydrogens (tertiary/aromatic N) is 2. The number of anilines is 1. The van der Waals surface area contributed by atoms with Gasteiger partial charge in [-0.1, -0.05) is 18.2 Å². The molecule has 0 saturated carbocycles. The highest BCUT2D eigenvalue weighted by atomic mass is 16.5. The highest BCUT2D eigenvalue weighted by Crippen LogP contribution is 2.30. The number of piperazine rings is 1. The van der Waals surface area contributed by atoms with E-state index >= 15 is 0 Å². The number of hydrogen-bond acceptors (Lipinski definition) is 3. The number of ether oxygens (including phenoxy) is 1. The zero-order chi connectivity index (χ0) is 13.2. The second-order valence-electron chi connectivity index (χ2n) is 5.15. The Kier molecular flexibility index (Phi) is 3.30. The highest BCUT2D eigenvalue weighted by molar-refractivity contribution is 5.95. The minimum absolute atomic E-state index is 0.925. The smallest absolute Gasteiger partial charge is 0.119 e. The molecule has 0 atom stereocenters. The van der Waals surface area contributed by atoms with Crippen LogP contribution in [0.3, 0.4) is 0 Å². The number of likely N-dealkylation sites (N-methyl/N-ethyl adjacent to an activating group) is 1. The van der Waals surface area contributed by atoms with Crippen LogP contribution in [-0.2, 0) is 0 Å². The quantitative estimate of drug-likeness (QED) is 0.821. The predicted molar refractivity (Wildman–Crippen MR) is 80.2 cm³/mol. The Morgan fingerprint density at radius 3 is 2.53 bits per heavy atom. The number of methoxy groups -OCH3 is 1. The molecule has 1 fully saturated rings. The Labute approximate surface area is 114 Å². The van der Waals surface area contributed by atoms with E-state index < -0.39 is 0 Å². The maximum atomic E-state index is 5.35. The molecule has 3 rings (SSSR count). The first-order valence-electron chi connectivity index (χ1n) is 6.78. The van der Waals surface area contributed by atoms with E-state index in [4.69, 9.17) is 4.74 Å². The van der Waals surface area contributed by atoms with E-state index in [1.54, 1.807) is 7.11 Å². The van der Waals surface area contributed by atoms with Crippen molar-refractivity contribution in [1.29, 1.82) is 0 Å². The average Bonchev–Trinajstić information content (AvgIpc) is 2.47. The van der Waals surface area contributed by atoms with Gasteiger partial charge in [0.05, 0.1) is 7.11 Å². The fourth-order valence-corrected chi connectivity index (χ4v) is 2.69. The summed E-state index contributed by atoms with van der Waals surface area (Å²) in [7, 11) is 3.91. The monoisotopic (exact) mass is 256 g/mol. The molecule has 100 valence electrons. The number of benzene rings is 2. The first-order chi connectivity index (χ1) is 9.28. The lowest BCUT2D eigenvalue weighted by Crippen LogP contribution is -2.44. The predicted octanol–water partition coefficient (Wildman–Crippen LogP) is 2.60. The lowest BCUT2D eigenvalue weighted by atomic mass is 10.1. The molecule has 1 heterocycles. The molecule has 0 bridgehead atoms. The Morgan fingerprint density at radius 1 is 1.00 bits per heavy atom. The second-order valence-corrected chi connectivity index (χ2v) is 5.15. The van der Waals surface area contributed by atoms with E-state index in [1.807, 2.05) is 6.07 Å². The van der Waals surface area contributed by atoms with Crippen molar-refractivity contribution in [2.75, 3.05) is 45.2 Å². The van der Waals surface area contributed by atoms with Crippen molar-refractivity contribution >= 4 is 16.5 Å². The van der Waals surface area contributed by atoms with Crippen LogP contribution in [0, 0.1) is 0 Å². The topological polar surface area (TPSA) is 15.7 Å². The zero-order valence-corrected chi connectivity index (χ0v) is 11.6. The van der Waals surface area contributed by atoms with E-state index in [-0.39, 0.29) is 0 Å². The van der Waals surface area contributed by atoms with E-state index in [9.17, 15) is 0 Å². The maximum Gasteiger partial charge on any atom is 0.119 e. The van der Waals surface area contributed by atoms with E-state index in [0.717, 1.165) is 31.9 Å². The molecule has 0 amide bonds. The lowest BCUT2D eigenvalue weighted by molar-refractivity contribution is 0.313. The number of fused-ring (bicyclic) bond motifs is 1. The third-order valence-electron chi connectivity index (χ3n) is 3.91. The van der Waals surface area contributed by atoms with Crippen LogP contribution in [0.15, 0.2) is 36.4 Å². The molecule has 3 heteroatoms. The molecule has 19 heavy (non-hydrogen) atoms. The minimum Gasteiger partial charge on any atom is -0.497 e. The van der Waals surface area contributed by atoms with Gasteiger partial charge < -0.3 is 14.5 Å². The second kappa shape index (κ2) is 5.10. The molecule has 0 spiro atoms. The van der Waals surface area contributed by atoms with E-state index in [0.29, 0.717) is 0 Å². The van der Waals surface area contributed by atoms with Gasteiger partial charge >= 0.3 is 0 Å². The molecule has 1 aliphatic rings. The molecule has 0 unspecified atom stereocenters. The summed E-state index contributed by atoms with van der Waals surface area (Å²) in [6, 6.07) is 12.8. The Hall–Kier alpha value is -1.74. The number of rotatable bonds is 2. The van der Waals surface area contributed by atoms with Gasteiger partial charge in [-0.3, -0.25) is 0 Å². The molecule has 2 aromatic rings. The van der Waals surface area contributed by atoms with Gasteiger partial charge in [0, 0.05) is 37.3 Å². The first kappa shape index (κ1) is 12.3. The van der Waals surface area contributed by atoms with Gasteiger partial charge in [0.2, 0.25) is 0 Å². The Morgan fingerprint density at radius 2 is 1.79 bits per heavy atom. The molecule has 1 aliphatic heterocycles. The fraction of sp³-hybridized carbons (Fsp3) is 0.375.